The average Bonchev–Trinajstić information content (AvgIpc) is 2.68. The van der Waals surface area contributed by atoms with Crippen molar-refractivity contribution in [2.24, 2.45) is 0 Å². The van der Waals surface area contributed by atoms with Gasteiger partial charge in [0.05, 0.1) is 25.4 Å². The van der Waals surface area contributed by atoms with Crippen LogP contribution in [0.4, 0.5) is 0 Å². The van der Waals surface area contributed by atoms with Crippen LogP contribution in [0.2, 0.25) is 16.6 Å². The number of fused-ring (bicyclic) bond motifs is 1. The molecule has 0 radical (unpaired) electrons. The Morgan fingerprint density at radius 1 is 0.966 bits per heavy atom. The molecule has 0 aliphatic carbocycles. The maximum Gasteiger partial charge on any atom is 0.200 e. The lowest BCUT2D eigenvalue weighted by Crippen LogP contribution is -2.56. The minimum atomic E-state index is -1.99. The summed E-state index contributed by atoms with van der Waals surface area (Å²) in [7, 11) is -1.99. The predicted molar refractivity (Wildman–Crippen MR) is 116 cm³/mol. The summed E-state index contributed by atoms with van der Waals surface area (Å²) in [5.41, 5.74) is 2.50. The van der Waals surface area contributed by atoms with Crippen molar-refractivity contribution >= 4 is 8.32 Å². The van der Waals surface area contributed by atoms with Crippen LogP contribution in [0.3, 0.4) is 0 Å². The summed E-state index contributed by atoms with van der Waals surface area (Å²) in [6.45, 7) is 14.5. The van der Waals surface area contributed by atoms with Crippen molar-refractivity contribution < 1.29 is 23.7 Å². The molecule has 5 atom stereocenters. The standard InChI is InChI=1S/C23H38O5Si/c1-15(2)29(16(3)4,17(5)6)26-14-21-19(24)12-20-22(27-21)13-25-23(28-20)18-10-8-7-9-11-18/h7-11,15-17,19-24H,12-14H2,1-6H3/t19-,20+,21+,22-,23-/m1/s1. The molecule has 6 heteroatoms. The highest BCUT2D eigenvalue weighted by atomic mass is 28.4. The summed E-state index contributed by atoms with van der Waals surface area (Å²) in [4.78, 5) is 0. The van der Waals surface area contributed by atoms with Crippen LogP contribution < -0.4 is 0 Å². The molecule has 29 heavy (non-hydrogen) atoms. The molecular formula is C23H38O5Si. The second-order valence-corrected chi connectivity index (χ2v) is 14.9. The van der Waals surface area contributed by atoms with E-state index in [9.17, 15) is 5.11 Å². The summed E-state index contributed by atoms with van der Waals surface area (Å²) < 4.78 is 24.9. The van der Waals surface area contributed by atoms with E-state index >= 15 is 0 Å². The number of ether oxygens (including phenoxy) is 3. The predicted octanol–water partition coefficient (Wildman–Crippen LogP) is 4.81. The van der Waals surface area contributed by atoms with Crippen LogP contribution in [0.25, 0.3) is 0 Å². The van der Waals surface area contributed by atoms with Gasteiger partial charge in [-0.3, -0.25) is 0 Å². The van der Waals surface area contributed by atoms with Gasteiger partial charge in [-0.1, -0.05) is 71.9 Å². The Labute approximate surface area is 176 Å². The molecule has 0 aromatic heterocycles. The lowest BCUT2D eigenvalue weighted by Gasteiger charge is -2.46. The first-order chi connectivity index (χ1) is 13.8. The van der Waals surface area contributed by atoms with E-state index in [4.69, 9.17) is 18.6 Å². The first-order valence-electron chi connectivity index (χ1n) is 11.0. The lowest BCUT2D eigenvalue weighted by atomic mass is 9.97. The van der Waals surface area contributed by atoms with Crippen LogP contribution in [-0.4, -0.2) is 51.1 Å². The molecule has 2 saturated heterocycles. The lowest BCUT2D eigenvalue weighted by molar-refractivity contribution is -0.303. The van der Waals surface area contributed by atoms with Gasteiger partial charge in [-0.25, -0.2) is 0 Å². The van der Waals surface area contributed by atoms with Gasteiger partial charge in [-0.15, -0.1) is 0 Å². The zero-order valence-corrected chi connectivity index (χ0v) is 19.7. The van der Waals surface area contributed by atoms with E-state index in [0.717, 1.165) is 5.56 Å². The van der Waals surface area contributed by atoms with Gasteiger partial charge in [0.15, 0.2) is 14.6 Å². The Morgan fingerprint density at radius 2 is 1.59 bits per heavy atom. The first-order valence-corrected chi connectivity index (χ1v) is 13.2. The molecule has 0 amide bonds. The molecular weight excluding hydrogens is 384 g/mol. The SMILES string of the molecule is CC(C)[Si](OC[C@@H]1O[C@@H]2CO[C@@H](c3ccccc3)O[C@H]2C[C@H]1O)(C(C)C)C(C)C. The molecule has 1 aromatic rings. The fourth-order valence-corrected chi connectivity index (χ4v) is 10.7. The third kappa shape index (κ3) is 4.78. The Bertz CT molecular complexity index is 614. The van der Waals surface area contributed by atoms with Gasteiger partial charge >= 0.3 is 0 Å². The molecule has 5 nitrogen and oxygen atoms in total. The van der Waals surface area contributed by atoms with Gasteiger partial charge in [-0.2, -0.15) is 0 Å². The van der Waals surface area contributed by atoms with E-state index in [2.05, 4.69) is 41.5 Å². The second-order valence-electron chi connectivity index (χ2n) is 9.40. The Kier molecular flexibility index (Phi) is 7.57. The monoisotopic (exact) mass is 422 g/mol. The molecule has 1 aromatic carbocycles. The highest BCUT2D eigenvalue weighted by Crippen LogP contribution is 2.43. The maximum atomic E-state index is 10.8. The molecule has 2 aliphatic rings. The molecule has 2 heterocycles. The Morgan fingerprint density at radius 3 is 2.17 bits per heavy atom. The number of hydrogen-bond donors (Lipinski definition) is 1. The molecule has 2 aliphatic heterocycles. The summed E-state index contributed by atoms with van der Waals surface area (Å²) in [6.07, 6.45) is -1.11. The average molecular weight is 423 g/mol. The van der Waals surface area contributed by atoms with E-state index in [1.54, 1.807) is 0 Å². The van der Waals surface area contributed by atoms with E-state index < -0.39 is 20.7 Å². The second kappa shape index (κ2) is 9.58. The van der Waals surface area contributed by atoms with Crippen molar-refractivity contribution in [2.75, 3.05) is 13.2 Å². The number of aliphatic hydroxyl groups is 1. The molecule has 1 N–H and O–H groups in total. The molecule has 0 bridgehead atoms. The fourth-order valence-electron chi connectivity index (χ4n) is 5.28. The van der Waals surface area contributed by atoms with Crippen molar-refractivity contribution in [1.82, 2.24) is 0 Å². The van der Waals surface area contributed by atoms with Crippen LogP contribution in [0.1, 0.15) is 59.8 Å². The number of benzene rings is 1. The smallest absolute Gasteiger partial charge is 0.200 e. The maximum absolute atomic E-state index is 10.8. The van der Waals surface area contributed by atoms with Crippen LogP contribution in [0.5, 0.6) is 0 Å². The Hall–Kier alpha value is -0.763. The van der Waals surface area contributed by atoms with Gasteiger partial charge < -0.3 is 23.7 Å². The van der Waals surface area contributed by atoms with Crippen LogP contribution in [-0.2, 0) is 18.6 Å². The summed E-state index contributed by atoms with van der Waals surface area (Å²) in [5.74, 6) is 0. The van der Waals surface area contributed by atoms with Crippen molar-refractivity contribution in [1.29, 1.82) is 0 Å². The summed E-state index contributed by atoms with van der Waals surface area (Å²) >= 11 is 0. The third-order valence-corrected chi connectivity index (χ3v) is 12.7. The minimum Gasteiger partial charge on any atom is -0.413 e. The van der Waals surface area contributed by atoms with E-state index in [-0.39, 0.29) is 18.3 Å². The zero-order chi connectivity index (χ0) is 21.2. The van der Waals surface area contributed by atoms with Gasteiger partial charge in [0, 0.05) is 12.0 Å². The fraction of sp³-hybridized carbons (Fsp3) is 0.739. The van der Waals surface area contributed by atoms with Crippen molar-refractivity contribution in [3.63, 3.8) is 0 Å². The topological polar surface area (TPSA) is 57.2 Å². The van der Waals surface area contributed by atoms with Gasteiger partial charge in [0.1, 0.15) is 12.2 Å². The van der Waals surface area contributed by atoms with Crippen LogP contribution >= 0.6 is 0 Å². The highest BCUT2D eigenvalue weighted by molar-refractivity contribution is 6.77. The Balaban J connectivity index is 1.62. The molecule has 164 valence electrons. The quantitative estimate of drug-likeness (QED) is 0.639. The largest absolute Gasteiger partial charge is 0.413 e. The number of rotatable bonds is 7. The first kappa shape index (κ1) is 22.9. The molecule has 0 unspecified atom stereocenters. The number of aliphatic hydroxyl groups excluding tert-OH is 1. The molecule has 3 rings (SSSR count). The van der Waals surface area contributed by atoms with E-state index in [1.165, 1.54) is 0 Å². The third-order valence-electron chi connectivity index (χ3n) is 6.65. The summed E-state index contributed by atoms with van der Waals surface area (Å²) in [6, 6.07) is 9.91. The highest BCUT2D eigenvalue weighted by Gasteiger charge is 2.47. The van der Waals surface area contributed by atoms with Crippen molar-refractivity contribution in [3.05, 3.63) is 35.9 Å². The normalized spacial score (nSPS) is 30.8. The number of hydrogen-bond acceptors (Lipinski definition) is 5. The van der Waals surface area contributed by atoms with E-state index in [0.29, 0.717) is 36.3 Å². The van der Waals surface area contributed by atoms with Gasteiger partial charge in [-0.05, 0) is 16.6 Å². The molecule has 0 spiro atoms. The van der Waals surface area contributed by atoms with E-state index in [1.807, 2.05) is 30.3 Å². The van der Waals surface area contributed by atoms with Crippen molar-refractivity contribution in [3.8, 4) is 0 Å². The minimum absolute atomic E-state index is 0.164. The van der Waals surface area contributed by atoms with Crippen molar-refractivity contribution in [2.45, 2.75) is 95.3 Å². The van der Waals surface area contributed by atoms with Gasteiger partial charge in [0.2, 0.25) is 0 Å². The van der Waals surface area contributed by atoms with Crippen LogP contribution in [0, 0.1) is 0 Å². The molecule has 0 saturated carbocycles. The molecule has 2 fully saturated rings. The van der Waals surface area contributed by atoms with Gasteiger partial charge in [0.25, 0.3) is 0 Å². The summed E-state index contributed by atoms with van der Waals surface area (Å²) in [5, 5.41) is 10.8. The zero-order valence-electron chi connectivity index (χ0n) is 18.7. The van der Waals surface area contributed by atoms with Crippen LogP contribution in [0.15, 0.2) is 30.3 Å².